The van der Waals surface area contributed by atoms with E-state index >= 15 is 0 Å². The number of aromatic nitrogens is 2. The third-order valence-corrected chi connectivity index (χ3v) is 2.53. The number of nitrogens with zero attached hydrogens (tertiary/aromatic N) is 3. The zero-order valence-electron chi connectivity index (χ0n) is 10.7. The molecule has 3 N–H and O–H groups in total. The Morgan fingerprint density at radius 2 is 2.00 bits per heavy atom. The summed E-state index contributed by atoms with van der Waals surface area (Å²) in [5.41, 5.74) is 7.70. The summed E-state index contributed by atoms with van der Waals surface area (Å²) in [7, 11) is 3.78. The maximum Gasteiger partial charge on any atom is 0.150 e. The van der Waals surface area contributed by atoms with Gasteiger partial charge in [0.25, 0.3) is 0 Å². The summed E-state index contributed by atoms with van der Waals surface area (Å²) in [6.07, 6.45) is -0.387. The predicted octanol–water partition coefficient (Wildman–Crippen LogP) is 0.943. The summed E-state index contributed by atoms with van der Waals surface area (Å²) in [6, 6.07) is 0. The standard InChI is InChI=1S/C11H22N4O/c1-7(2)10-9(12)11(15(5)13-10)14(4)6-8(3)16/h7-8,16H,6,12H2,1-5H3. The van der Waals surface area contributed by atoms with Gasteiger partial charge in [0.15, 0.2) is 0 Å². The van der Waals surface area contributed by atoms with Crippen molar-refractivity contribution in [3.05, 3.63) is 5.69 Å². The van der Waals surface area contributed by atoms with E-state index in [1.54, 1.807) is 11.6 Å². The number of nitrogens with two attached hydrogens (primary N) is 1. The van der Waals surface area contributed by atoms with E-state index in [-0.39, 0.29) is 6.10 Å². The van der Waals surface area contributed by atoms with Crippen LogP contribution in [-0.4, -0.2) is 34.6 Å². The molecule has 1 atom stereocenters. The van der Waals surface area contributed by atoms with Crippen molar-refractivity contribution in [2.75, 3.05) is 24.2 Å². The van der Waals surface area contributed by atoms with Crippen LogP contribution in [0.4, 0.5) is 11.5 Å². The second-order valence-corrected chi connectivity index (χ2v) is 4.63. The highest BCUT2D eigenvalue weighted by Crippen LogP contribution is 2.29. The van der Waals surface area contributed by atoms with Gasteiger partial charge in [0.1, 0.15) is 5.82 Å². The van der Waals surface area contributed by atoms with E-state index in [4.69, 9.17) is 5.73 Å². The Balaban J connectivity index is 3.04. The first-order valence-electron chi connectivity index (χ1n) is 5.56. The van der Waals surface area contributed by atoms with Crippen LogP contribution in [0.1, 0.15) is 32.4 Å². The van der Waals surface area contributed by atoms with Gasteiger partial charge < -0.3 is 15.7 Å². The molecule has 0 amide bonds. The molecule has 1 aromatic rings. The van der Waals surface area contributed by atoms with Crippen molar-refractivity contribution in [2.45, 2.75) is 32.8 Å². The number of hydrogen-bond donors (Lipinski definition) is 2. The van der Waals surface area contributed by atoms with Crippen LogP contribution in [0.2, 0.25) is 0 Å². The minimum absolute atomic E-state index is 0.305. The molecule has 92 valence electrons. The Morgan fingerprint density at radius 3 is 2.38 bits per heavy atom. The summed E-state index contributed by atoms with van der Waals surface area (Å²) in [5, 5.41) is 13.8. The fourth-order valence-corrected chi connectivity index (χ4v) is 1.91. The first kappa shape index (κ1) is 12.8. The summed E-state index contributed by atoms with van der Waals surface area (Å²) in [6.45, 7) is 6.43. The van der Waals surface area contributed by atoms with E-state index < -0.39 is 0 Å². The number of nitrogen functional groups attached to an aromatic ring is 1. The van der Waals surface area contributed by atoms with Gasteiger partial charge in [0.05, 0.1) is 17.5 Å². The smallest absolute Gasteiger partial charge is 0.150 e. The molecule has 0 aromatic carbocycles. The van der Waals surface area contributed by atoms with Gasteiger partial charge in [0.2, 0.25) is 0 Å². The number of likely N-dealkylation sites (N-methyl/N-ethyl adjacent to an activating group) is 1. The topological polar surface area (TPSA) is 67.3 Å². The van der Waals surface area contributed by atoms with Gasteiger partial charge in [-0.2, -0.15) is 5.10 Å². The molecule has 0 saturated carbocycles. The number of aliphatic hydroxyl groups is 1. The van der Waals surface area contributed by atoms with E-state index in [1.807, 2.05) is 19.0 Å². The molecule has 0 aliphatic rings. The van der Waals surface area contributed by atoms with Crippen LogP contribution in [0.25, 0.3) is 0 Å². The second-order valence-electron chi connectivity index (χ2n) is 4.63. The first-order valence-corrected chi connectivity index (χ1v) is 5.56. The number of rotatable bonds is 4. The molecule has 1 aromatic heterocycles. The number of aliphatic hydroxyl groups excluding tert-OH is 1. The lowest BCUT2D eigenvalue weighted by atomic mass is 10.1. The van der Waals surface area contributed by atoms with E-state index in [1.165, 1.54) is 0 Å². The van der Waals surface area contributed by atoms with Crippen molar-refractivity contribution >= 4 is 11.5 Å². The van der Waals surface area contributed by atoms with Gasteiger partial charge in [-0.1, -0.05) is 13.8 Å². The third kappa shape index (κ3) is 2.47. The van der Waals surface area contributed by atoms with Crippen molar-refractivity contribution in [3.63, 3.8) is 0 Å². The summed E-state index contributed by atoms with van der Waals surface area (Å²) in [5.74, 6) is 1.17. The zero-order valence-corrected chi connectivity index (χ0v) is 10.7. The lowest BCUT2D eigenvalue weighted by Gasteiger charge is -2.21. The molecule has 5 heteroatoms. The van der Waals surface area contributed by atoms with Crippen molar-refractivity contribution in [1.29, 1.82) is 0 Å². The first-order chi connectivity index (χ1) is 7.34. The van der Waals surface area contributed by atoms with Crippen LogP contribution in [0.15, 0.2) is 0 Å². The van der Waals surface area contributed by atoms with Crippen LogP contribution in [0, 0.1) is 0 Å². The summed E-state index contributed by atoms with van der Waals surface area (Å²) >= 11 is 0. The molecular weight excluding hydrogens is 204 g/mol. The monoisotopic (exact) mass is 226 g/mol. The highest BCUT2D eigenvalue weighted by Gasteiger charge is 2.19. The molecule has 0 saturated heterocycles. The molecular formula is C11H22N4O. The summed E-state index contributed by atoms with van der Waals surface area (Å²) in [4.78, 5) is 1.93. The lowest BCUT2D eigenvalue weighted by Crippen LogP contribution is -2.29. The van der Waals surface area contributed by atoms with Gasteiger partial charge in [-0.25, -0.2) is 0 Å². The fourth-order valence-electron chi connectivity index (χ4n) is 1.91. The molecule has 1 rings (SSSR count). The van der Waals surface area contributed by atoms with Crippen molar-refractivity contribution < 1.29 is 5.11 Å². The molecule has 0 fully saturated rings. The lowest BCUT2D eigenvalue weighted by molar-refractivity contribution is 0.201. The zero-order chi connectivity index (χ0) is 12.5. The van der Waals surface area contributed by atoms with E-state index in [0.29, 0.717) is 18.2 Å². The van der Waals surface area contributed by atoms with Crippen LogP contribution in [0.3, 0.4) is 0 Å². The van der Waals surface area contributed by atoms with E-state index in [9.17, 15) is 5.11 Å². The largest absolute Gasteiger partial charge is 0.394 e. The number of aryl methyl sites for hydroxylation is 1. The average molecular weight is 226 g/mol. The molecule has 0 aliphatic carbocycles. The van der Waals surface area contributed by atoms with Gasteiger partial charge in [0, 0.05) is 20.6 Å². The van der Waals surface area contributed by atoms with Gasteiger partial charge in [-0.3, -0.25) is 4.68 Å². The molecule has 0 radical (unpaired) electrons. The van der Waals surface area contributed by atoms with Crippen molar-refractivity contribution in [3.8, 4) is 0 Å². The molecule has 1 heterocycles. The Labute approximate surface area is 96.9 Å². The molecule has 16 heavy (non-hydrogen) atoms. The number of anilines is 2. The van der Waals surface area contributed by atoms with E-state index in [0.717, 1.165) is 11.5 Å². The number of hydrogen-bond acceptors (Lipinski definition) is 4. The molecule has 5 nitrogen and oxygen atoms in total. The SMILES string of the molecule is CC(O)CN(C)c1c(N)c(C(C)C)nn1C. The highest BCUT2D eigenvalue weighted by atomic mass is 16.3. The molecule has 0 aliphatic heterocycles. The summed E-state index contributed by atoms with van der Waals surface area (Å²) < 4.78 is 1.77. The average Bonchev–Trinajstić information content (AvgIpc) is 2.40. The maximum absolute atomic E-state index is 9.37. The van der Waals surface area contributed by atoms with Crippen LogP contribution in [0.5, 0.6) is 0 Å². The van der Waals surface area contributed by atoms with Crippen LogP contribution >= 0.6 is 0 Å². The van der Waals surface area contributed by atoms with Crippen LogP contribution < -0.4 is 10.6 Å². The fraction of sp³-hybridized carbons (Fsp3) is 0.727. The van der Waals surface area contributed by atoms with Crippen molar-refractivity contribution in [1.82, 2.24) is 9.78 Å². The molecule has 0 spiro atoms. The van der Waals surface area contributed by atoms with Gasteiger partial charge in [-0.15, -0.1) is 0 Å². The quantitative estimate of drug-likeness (QED) is 0.802. The normalized spacial score (nSPS) is 13.2. The molecule has 0 bridgehead atoms. The Bertz CT molecular complexity index is 357. The third-order valence-electron chi connectivity index (χ3n) is 2.53. The minimum atomic E-state index is -0.387. The Hall–Kier alpha value is -1.23. The van der Waals surface area contributed by atoms with Gasteiger partial charge in [-0.05, 0) is 12.8 Å². The molecule has 1 unspecified atom stereocenters. The minimum Gasteiger partial charge on any atom is -0.394 e. The maximum atomic E-state index is 9.37. The predicted molar refractivity (Wildman–Crippen MR) is 66.7 cm³/mol. The van der Waals surface area contributed by atoms with E-state index in [2.05, 4.69) is 18.9 Å². The highest BCUT2D eigenvalue weighted by molar-refractivity contribution is 5.66. The van der Waals surface area contributed by atoms with Crippen LogP contribution in [-0.2, 0) is 7.05 Å². The van der Waals surface area contributed by atoms with Crippen molar-refractivity contribution in [2.24, 2.45) is 7.05 Å². The Morgan fingerprint density at radius 1 is 1.44 bits per heavy atom. The second kappa shape index (κ2) is 4.74. The Kier molecular flexibility index (Phi) is 3.80. The van der Waals surface area contributed by atoms with Gasteiger partial charge >= 0.3 is 0 Å².